The van der Waals surface area contributed by atoms with Gasteiger partial charge in [-0.05, 0) is 25.3 Å². The molecule has 8 heteroatoms. The minimum atomic E-state index is -0.141. The zero-order valence-electron chi connectivity index (χ0n) is 15.4. The van der Waals surface area contributed by atoms with Gasteiger partial charge in [0.25, 0.3) is 0 Å². The minimum Gasteiger partial charge on any atom is -0.465 e. The van der Waals surface area contributed by atoms with Gasteiger partial charge in [0.15, 0.2) is 5.13 Å². The Balaban J connectivity index is 1.50. The summed E-state index contributed by atoms with van der Waals surface area (Å²) in [7, 11) is 0. The van der Waals surface area contributed by atoms with Crippen LogP contribution < -0.4 is 11.2 Å². The second-order valence-corrected chi connectivity index (χ2v) is 7.30. The number of hydrogen-bond donors (Lipinski definition) is 2. The third-order valence-electron chi connectivity index (χ3n) is 4.51. The Morgan fingerprint density at radius 2 is 2.15 bits per heavy atom. The average Bonchev–Trinajstić information content (AvgIpc) is 3.13. The van der Waals surface area contributed by atoms with Gasteiger partial charge in [0.1, 0.15) is 0 Å². The molecule has 0 aliphatic carbocycles. The summed E-state index contributed by atoms with van der Waals surface area (Å²) in [6.45, 7) is 4.43. The van der Waals surface area contributed by atoms with E-state index in [1.165, 1.54) is 0 Å². The first-order valence-corrected chi connectivity index (χ1v) is 9.99. The Hall–Kier alpha value is -2.45. The molecule has 2 heterocycles. The lowest BCUT2D eigenvalue weighted by atomic mass is 10.1. The normalized spacial score (nSPS) is 15.9. The number of aromatic nitrogens is 1. The number of hydrogen-bond acceptors (Lipinski definition) is 8. The summed E-state index contributed by atoms with van der Waals surface area (Å²) in [5, 5.41) is 10.1. The predicted octanol–water partition coefficient (Wildman–Crippen LogP) is 2.54. The standard InChI is InChI=1S/C19H25N5O2S/c1-2-26-18(25)12-24-9-7-16(8-10-24)22-19-23-17(13-27-19)15-5-3-14(4-6-15)11-21-20/h3-6,11,13,16H,2,7-10,12,20H2,1H3,(H,22,23). The van der Waals surface area contributed by atoms with Crippen LogP contribution in [0.25, 0.3) is 11.3 Å². The lowest BCUT2D eigenvalue weighted by molar-refractivity contribution is -0.144. The van der Waals surface area contributed by atoms with Crippen LogP contribution in [0.4, 0.5) is 5.13 Å². The number of nitrogens with zero attached hydrogens (tertiary/aromatic N) is 3. The number of esters is 1. The Morgan fingerprint density at radius 3 is 2.81 bits per heavy atom. The monoisotopic (exact) mass is 387 g/mol. The quantitative estimate of drug-likeness (QED) is 0.328. The molecule has 1 aromatic carbocycles. The number of anilines is 1. The molecule has 0 bridgehead atoms. The maximum Gasteiger partial charge on any atom is 0.320 e. The van der Waals surface area contributed by atoms with E-state index in [0.29, 0.717) is 19.2 Å². The first-order chi connectivity index (χ1) is 13.2. The van der Waals surface area contributed by atoms with E-state index in [-0.39, 0.29) is 5.97 Å². The van der Waals surface area contributed by atoms with Gasteiger partial charge in [0.05, 0.1) is 25.1 Å². The molecule has 0 saturated carbocycles. The molecule has 2 aromatic rings. The molecule has 1 aliphatic rings. The van der Waals surface area contributed by atoms with E-state index in [4.69, 9.17) is 15.6 Å². The van der Waals surface area contributed by atoms with Crippen molar-refractivity contribution in [3.63, 3.8) is 0 Å². The van der Waals surface area contributed by atoms with Crippen LogP contribution in [0.3, 0.4) is 0 Å². The molecule has 0 radical (unpaired) electrons. The number of thiazole rings is 1. The van der Waals surface area contributed by atoms with Crippen LogP contribution in [0, 0.1) is 0 Å². The molecular weight excluding hydrogens is 362 g/mol. The molecule has 27 heavy (non-hydrogen) atoms. The Bertz CT molecular complexity index is 767. The largest absolute Gasteiger partial charge is 0.465 e. The summed E-state index contributed by atoms with van der Waals surface area (Å²) >= 11 is 1.61. The van der Waals surface area contributed by atoms with E-state index in [9.17, 15) is 4.79 Å². The van der Waals surface area contributed by atoms with Gasteiger partial charge in [0, 0.05) is 30.1 Å². The van der Waals surface area contributed by atoms with Gasteiger partial charge >= 0.3 is 5.97 Å². The van der Waals surface area contributed by atoms with Gasteiger partial charge in [-0.15, -0.1) is 11.3 Å². The number of rotatable bonds is 7. The Labute approximate surface area is 163 Å². The Kier molecular flexibility index (Phi) is 6.78. The van der Waals surface area contributed by atoms with E-state index in [1.54, 1.807) is 17.6 Å². The second kappa shape index (κ2) is 9.48. The van der Waals surface area contributed by atoms with Crippen molar-refractivity contribution in [3.05, 3.63) is 35.2 Å². The molecule has 1 fully saturated rings. The number of piperidine rings is 1. The molecule has 0 spiro atoms. The van der Waals surface area contributed by atoms with Crippen molar-refractivity contribution >= 4 is 28.7 Å². The van der Waals surface area contributed by atoms with Crippen LogP contribution in [0.1, 0.15) is 25.3 Å². The van der Waals surface area contributed by atoms with Crippen molar-refractivity contribution in [2.24, 2.45) is 10.9 Å². The molecular formula is C19H25N5O2S. The van der Waals surface area contributed by atoms with E-state index in [0.717, 1.165) is 47.9 Å². The molecule has 3 rings (SSSR count). The third kappa shape index (κ3) is 5.51. The van der Waals surface area contributed by atoms with Crippen molar-refractivity contribution < 1.29 is 9.53 Å². The number of nitrogens with two attached hydrogens (primary N) is 1. The fraction of sp³-hybridized carbons (Fsp3) is 0.421. The van der Waals surface area contributed by atoms with Crippen LogP contribution in [0.2, 0.25) is 0 Å². The van der Waals surface area contributed by atoms with Crippen molar-refractivity contribution in [3.8, 4) is 11.3 Å². The van der Waals surface area contributed by atoms with Crippen molar-refractivity contribution in [1.29, 1.82) is 0 Å². The zero-order chi connectivity index (χ0) is 19.1. The van der Waals surface area contributed by atoms with Crippen LogP contribution in [0.5, 0.6) is 0 Å². The summed E-state index contributed by atoms with van der Waals surface area (Å²) < 4.78 is 5.01. The fourth-order valence-corrected chi connectivity index (χ4v) is 3.90. The third-order valence-corrected chi connectivity index (χ3v) is 5.28. The maximum atomic E-state index is 11.6. The van der Waals surface area contributed by atoms with Gasteiger partial charge in [-0.2, -0.15) is 5.10 Å². The average molecular weight is 388 g/mol. The highest BCUT2D eigenvalue weighted by atomic mass is 32.1. The summed E-state index contributed by atoms with van der Waals surface area (Å²) in [6, 6.07) is 8.35. The number of benzene rings is 1. The van der Waals surface area contributed by atoms with Gasteiger partial charge < -0.3 is 15.9 Å². The molecule has 0 unspecified atom stereocenters. The van der Waals surface area contributed by atoms with E-state index in [1.807, 2.05) is 31.2 Å². The van der Waals surface area contributed by atoms with E-state index in [2.05, 4.69) is 20.7 Å². The number of hydrazone groups is 1. The lowest BCUT2D eigenvalue weighted by Gasteiger charge is -2.31. The fourth-order valence-electron chi connectivity index (χ4n) is 3.10. The number of nitrogens with one attached hydrogen (secondary N) is 1. The highest BCUT2D eigenvalue weighted by molar-refractivity contribution is 7.14. The van der Waals surface area contributed by atoms with Crippen molar-refractivity contribution in [2.45, 2.75) is 25.8 Å². The minimum absolute atomic E-state index is 0.141. The van der Waals surface area contributed by atoms with Gasteiger partial charge in [-0.1, -0.05) is 24.3 Å². The topological polar surface area (TPSA) is 92.8 Å². The molecule has 1 saturated heterocycles. The van der Waals surface area contributed by atoms with Gasteiger partial charge in [-0.25, -0.2) is 4.98 Å². The molecule has 3 N–H and O–H groups in total. The summed E-state index contributed by atoms with van der Waals surface area (Å²) in [4.78, 5) is 18.4. The van der Waals surface area contributed by atoms with Crippen molar-refractivity contribution in [1.82, 2.24) is 9.88 Å². The van der Waals surface area contributed by atoms with E-state index >= 15 is 0 Å². The number of likely N-dealkylation sites (tertiary alicyclic amines) is 1. The van der Waals surface area contributed by atoms with Crippen LogP contribution in [-0.2, 0) is 9.53 Å². The number of ether oxygens (including phenoxy) is 1. The Morgan fingerprint density at radius 1 is 1.41 bits per heavy atom. The SMILES string of the molecule is CCOC(=O)CN1CCC(Nc2nc(-c3ccc(C=NN)cc3)cs2)CC1. The molecule has 7 nitrogen and oxygen atoms in total. The molecule has 144 valence electrons. The van der Waals surface area contributed by atoms with Crippen LogP contribution in [0.15, 0.2) is 34.7 Å². The molecule has 1 aromatic heterocycles. The van der Waals surface area contributed by atoms with Gasteiger partial charge in [-0.3, -0.25) is 9.69 Å². The van der Waals surface area contributed by atoms with E-state index < -0.39 is 0 Å². The summed E-state index contributed by atoms with van der Waals surface area (Å²) in [5.41, 5.74) is 2.99. The number of carbonyl (C=O) groups excluding carboxylic acids is 1. The molecule has 1 aliphatic heterocycles. The lowest BCUT2D eigenvalue weighted by Crippen LogP contribution is -2.41. The highest BCUT2D eigenvalue weighted by Gasteiger charge is 2.21. The second-order valence-electron chi connectivity index (χ2n) is 6.44. The summed E-state index contributed by atoms with van der Waals surface area (Å²) in [6.07, 6.45) is 3.59. The first kappa shape index (κ1) is 19.3. The highest BCUT2D eigenvalue weighted by Crippen LogP contribution is 2.26. The molecule has 0 amide bonds. The van der Waals surface area contributed by atoms with Crippen LogP contribution in [-0.4, -0.2) is 54.4 Å². The summed E-state index contributed by atoms with van der Waals surface area (Å²) in [5.74, 6) is 5.03. The van der Waals surface area contributed by atoms with Crippen LogP contribution >= 0.6 is 11.3 Å². The van der Waals surface area contributed by atoms with Crippen molar-refractivity contribution in [2.75, 3.05) is 31.6 Å². The predicted molar refractivity (Wildman–Crippen MR) is 109 cm³/mol. The van der Waals surface area contributed by atoms with Gasteiger partial charge in [0.2, 0.25) is 0 Å². The number of carbonyl (C=O) groups is 1. The first-order valence-electron chi connectivity index (χ1n) is 9.11. The molecule has 0 atom stereocenters. The smallest absolute Gasteiger partial charge is 0.320 e. The maximum absolute atomic E-state index is 11.6. The zero-order valence-corrected chi connectivity index (χ0v) is 16.2.